The summed E-state index contributed by atoms with van der Waals surface area (Å²) in [6, 6.07) is 1.07. The van der Waals surface area contributed by atoms with Crippen LogP contribution in [-0.4, -0.2) is 41.0 Å². The molecule has 1 atom stereocenters. The lowest BCUT2D eigenvalue weighted by atomic mass is 10.0. The largest absolute Gasteiger partial charge is 0.317 e. The zero-order chi connectivity index (χ0) is 11.4. The molecule has 1 aliphatic heterocycles. The van der Waals surface area contributed by atoms with E-state index in [4.69, 9.17) is 0 Å². The maximum absolute atomic E-state index is 4.37. The van der Waals surface area contributed by atoms with E-state index in [1.165, 1.54) is 12.8 Å². The molecule has 1 aliphatic rings. The minimum atomic E-state index is 0.381. The standard InChI is InChI=1S/C12H20N4/c1-10(12-9-14-5-6-15-12)16-7-3-11(13-2)4-8-16/h5-6,9-11,13H,3-4,7-8H2,1-2H3/t10-/m0/s1. The second kappa shape index (κ2) is 5.37. The molecule has 0 radical (unpaired) electrons. The predicted molar refractivity (Wildman–Crippen MR) is 64.1 cm³/mol. The van der Waals surface area contributed by atoms with Crippen LogP contribution in [0.25, 0.3) is 0 Å². The Morgan fingerprint density at radius 1 is 1.38 bits per heavy atom. The van der Waals surface area contributed by atoms with E-state index in [9.17, 15) is 0 Å². The summed E-state index contributed by atoms with van der Waals surface area (Å²) in [7, 11) is 2.05. The SMILES string of the molecule is CNC1CCN([C@@H](C)c2cnccn2)CC1. The summed E-state index contributed by atoms with van der Waals surface area (Å²) in [4.78, 5) is 11.0. The number of hydrogen-bond acceptors (Lipinski definition) is 4. The van der Waals surface area contributed by atoms with Crippen molar-refractivity contribution >= 4 is 0 Å². The van der Waals surface area contributed by atoms with Gasteiger partial charge in [0.15, 0.2) is 0 Å². The maximum atomic E-state index is 4.37. The van der Waals surface area contributed by atoms with Gasteiger partial charge in [-0.1, -0.05) is 0 Å². The lowest BCUT2D eigenvalue weighted by Crippen LogP contribution is -2.42. The summed E-state index contributed by atoms with van der Waals surface area (Å²) >= 11 is 0. The molecule has 4 heteroatoms. The third-order valence-corrected chi connectivity index (χ3v) is 3.50. The van der Waals surface area contributed by atoms with Crippen molar-refractivity contribution in [3.8, 4) is 0 Å². The van der Waals surface area contributed by atoms with E-state index in [0.29, 0.717) is 12.1 Å². The number of nitrogens with one attached hydrogen (secondary N) is 1. The number of likely N-dealkylation sites (tertiary alicyclic amines) is 1. The van der Waals surface area contributed by atoms with Crippen LogP contribution in [0.2, 0.25) is 0 Å². The van der Waals surface area contributed by atoms with Crippen LogP contribution in [0.5, 0.6) is 0 Å². The quantitative estimate of drug-likeness (QED) is 0.831. The Kier molecular flexibility index (Phi) is 3.85. The van der Waals surface area contributed by atoms with Crippen molar-refractivity contribution in [2.75, 3.05) is 20.1 Å². The first-order chi connectivity index (χ1) is 7.81. The minimum Gasteiger partial charge on any atom is -0.317 e. The van der Waals surface area contributed by atoms with Crippen molar-refractivity contribution in [2.45, 2.75) is 31.8 Å². The van der Waals surface area contributed by atoms with Gasteiger partial charge in [-0.2, -0.15) is 0 Å². The van der Waals surface area contributed by atoms with Crippen LogP contribution in [0.3, 0.4) is 0 Å². The molecule has 0 bridgehead atoms. The molecule has 0 saturated carbocycles. The topological polar surface area (TPSA) is 41.0 Å². The Morgan fingerprint density at radius 2 is 2.12 bits per heavy atom. The third-order valence-electron chi connectivity index (χ3n) is 3.50. The van der Waals surface area contributed by atoms with Crippen molar-refractivity contribution in [3.63, 3.8) is 0 Å². The zero-order valence-corrected chi connectivity index (χ0v) is 10.1. The molecular weight excluding hydrogens is 200 g/mol. The first-order valence-corrected chi connectivity index (χ1v) is 5.98. The molecule has 1 aromatic heterocycles. The normalized spacial score (nSPS) is 20.9. The summed E-state index contributed by atoms with van der Waals surface area (Å²) in [6.45, 7) is 4.50. The van der Waals surface area contributed by atoms with Gasteiger partial charge >= 0.3 is 0 Å². The van der Waals surface area contributed by atoms with Gasteiger partial charge in [-0.05, 0) is 26.8 Å². The molecule has 1 N–H and O–H groups in total. The van der Waals surface area contributed by atoms with Crippen molar-refractivity contribution in [3.05, 3.63) is 24.3 Å². The second-order valence-electron chi connectivity index (χ2n) is 4.41. The van der Waals surface area contributed by atoms with Crippen LogP contribution in [-0.2, 0) is 0 Å². The third kappa shape index (κ3) is 2.57. The summed E-state index contributed by atoms with van der Waals surface area (Å²) < 4.78 is 0. The fraction of sp³-hybridized carbons (Fsp3) is 0.667. The first kappa shape index (κ1) is 11.5. The zero-order valence-electron chi connectivity index (χ0n) is 10.1. The van der Waals surface area contributed by atoms with E-state index in [-0.39, 0.29) is 0 Å². The van der Waals surface area contributed by atoms with E-state index in [1.54, 1.807) is 12.4 Å². The van der Waals surface area contributed by atoms with Gasteiger partial charge in [0.2, 0.25) is 0 Å². The highest BCUT2D eigenvalue weighted by molar-refractivity contribution is 5.01. The van der Waals surface area contributed by atoms with E-state index in [0.717, 1.165) is 18.8 Å². The van der Waals surface area contributed by atoms with Crippen molar-refractivity contribution in [1.29, 1.82) is 0 Å². The lowest BCUT2D eigenvalue weighted by molar-refractivity contribution is 0.152. The van der Waals surface area contributed by atoms with Gasteiger partial charge in [0.1, 0.15) is 0 Å². The van der Waals surface area contributed by atoms with E-state index >= 15 is 0 Å². The maximum Gasteiger partial charge on any atom is 0.0755 e. The molecule has 1 aromatic rings. The number of hydrogen-bond donors (Lipinski definition) is 1. The molecule has 2 heterocycles. The minimum absolute atomic E-state index is 0.381. The van der Waals surface area contributed by atoms with Crippen LogP contribution in [0.15, 0.2) is 18.6 Å². The predicted octanol–water partition coefficient (Wildman–Crippen LogP) is 1.22. The van der Waals surface area contributed by atoms with Crippen LogP contribution < -0.4 is 5.32 Å². The van der Waals surface area contributed by atoms with Gasteiger partial charge in [-0.15, -0.1) is 0 Å². The van der Waals surface area contributed by atoms with Crippen LogP contribution in [0, 0.1) is 0 Å². The average molecular weight is 220 g/mol. The highest BCUT2D eigenvalue weighted by Crippen LogP contribution is 2.21. The summed E-state index contributed by atoms with van der Waals surface area (Å²) in [5.41, 5.74) is 1.07. The van der Waals surface area contributed by atoms with Gasteiger partial charge in [0.05, 0.1) is 11.7 Å². The van der Waals surface area contributed by atoms with Crippen molar-refractivity contribution in [2.24, 2.45) is 0 Å². The van der Waals surface area contributed by atoms with Gasteiger partial charge in [0, 0.05) is 37.7 Å². The first-order valence-electron chi connectivity index (χ1n) is 5.98. The Morgan fingerprint density at radius 3 is 2.69 bits per heavy atom. The summed E-state index contributed by atoms with van der Waals surface area (Å²) in [5.74, 6) is 0. The van der Waals surface area contributed by atoms with Crippen LogP contribution >= 0.6 is 0 Å². The molecule has 1 saturated heterocycles. The number of aromatic nitrogens is 2. The Bertz CT molecular complexity index is 306. The lowest BCUT2D eigenvalue weighted by Gasteiger charge is -2.35. The molecule has 4 nitrogen and oxygen atoms in total. The molecule has 2 rings (SSSR count). The molecule has 0 unspecified atom stereocenters. The fourth-order valence-electron chi connectivity index (χ4n) is 2.29. The highest BCUT2D eigenvalue weighted by atomic mass is 15.2. The Labute approximate surface area is 97.1 Å². The Hall–Kier alpha value is -1.00. The van der Waals surface area contributed by atoms with Gasteiger partial charge in [-0.25, -0.2) is 0 Å². The molecule has 0 amide bonds. The summed E-state index contributed by atoms with van der Waals surface area (Å²) in [6.07, 6.45) is 7.81. The molecule has 16 heavy (non-hydrogen) atoms. The van der Waals surface area contributed by atoms with Crippen molar-refractivity contribution in [1.82, 2.24) is 20.2 Å². The second-order valence-corrected chi connectivity index (χ2v) is 4.41. The van der Waals surface area contributed by atoms with E-state index in [2.05, 4.69) is 27.1 Å². The Balaban J connectivity index is 1.94. The number of piperidine rings is 1. The average Bonchev–Trinajstić information content (AvgIpc) is 2.39. The van der Waals surface area contributed by atoms with E-state index < -0.39 is 0 Å². The van der Waals surface area contributed by atoms with Gasteiger partial charge < -0.3 is 5.32 Å². The van der Waals surface area contributed by atoms with Gasteiger partial charge in [-0.3, -0.25) is 14.9 Å². The highest BCUT2D eigenvalue weighted by Gasteiger charge is 2.23. The molecule has 0 aromatic carbocycles. The van der Waals surface area contributed by atoms with Crippen LogP contribution in [0.1, 0.15) is 31.5 Å². The number of nitrogens with zero attached hydrogens (tertiary/aromatic N) is 3. The molecule has 88 valence electrons. The monoisotopic (exact) mass is 220 g/mol. The summed E-state index contributed by atoms with van der Waals surface area (Å²) in [5, 5.41) is 3.35. The molecule has 0 spiro atoms. The number of rotatable bonds is 3. The fourth-order valence-corrected chi connectivity index (χ4v) is 2.29. The van der Waals surface area contributed by atoms with Crippen LogP contribution in [0.4, 0.5) is 0 Å². The van der Waals surface area contributed by atoms with Gasteiger partial charge in [0.25, 0.3) is 0 Å². The molecular formula is C12H20N4. The van der Waals surface area contributed by atoms with Crippen molar-refractivity contribution < 1.29 is 0 Å². The smallest absolute Gasteiger partial charge is 0.0755 e. The molecule has 1 fully saturated rings. The van der Waals surface area contributed by atoms with E-state index in [1.807, 2.05) is 13.2 Å². The molecule has 0 aliphatic carbocycles.